The van der Waals surface area contributed by atoms with Gasteiger partial charge in [0.05, 0.1) is 5.38 Å². The van der Waals surface area contributed by atoms with Crippen molar-refractivity contribution in [3.8, 4) is 11.6 Å². The molecule has 1 aliphatic heterocycles. The van der Waals surface area contributed by atoms with Gasteiger partial charge in [-0.05, 0) is 37.3 Å². The molecule has 2 heterocycles. The van der Waals surface area contributed by atoms with Crippen LogP contribution in [0.25, 0.3) is 0 Å². The van der Waals surface area contributed by atoms with Crippen molar-refractivity contribution in [3.05, 3.63) is 53.2 Å². The van der Waals surface area contributed by atoms with Crippen LogP contribution in [0.4, 0.5) is 0 Å². The van der Waals surface area contributed by atoms with Gasteiger partial charge in [0.1, 0.15) is 11.9 Å². The average Bonchev–Trinajstić information content (AvgIpc) is 2.46. The van der Waals surface area contributed by atoms with E-state index in [1.54, 1.807) is 43.5 Å². The molecule has 1 aromatic heterocycles. The quantitative estimate of drug-likeness (QED) is 0.682. The van der Waals surface area contributed by atoms with Crippen molar-refractivity contribution in [2.24, 2.45) is 0 Å². The number of hydrogen-bond donors (Lipinski definition) is 1. The number of aromatic nitrogens is 1. The number of carbonyl (C=O) groups excluding carboxylic acids is 1. The Kier molecular flexibility index (Phi) is 3.20. The molecule has 20 heavy (non-hydrogen) atoms. The van der Waals surface area contributed by atoms with E-state index in [-0.39, 0.29) is 5.78 Å². The smallest absolute Gasteiger partial charge is 0.225 e. The minimum atomic E-state index is -0.860. The fraction of sp³-hybridized carbons (Fsp3) is 0.200. The molecule has 3 rings (SSSR count). The van der Waals surface area contributed by atoms with Crippen LogP contribution >= 0.6 is 11.6 Å². The Bertz CT molecular complexity index is 685. The number of halogens is 1. The van der Waals surface area contributed by atoms with Crippen LogP contribution in [-0.4, -0.2) is 21.3 Å². The molecule has 2 aromatic rings. The average molecular weight is 290 g/mol. The summed E-state index contributed by atoms with van der Waals surface area (Å²) >= 11 is 5.81. The van der Waals surface area contributed by atoms with Gasteiger partial charge in [0.15, 0.2) is 5.78 Å². The molecule has 2 atom stereocenters. The highest BCUT2D eigenvalue weighted by Crippen LogP contribution is 2.41. The molecule has 1 aliphatic rings. The van der Waals surface area contributed by atoms with E-state index in [1.165, 1.54) is 0 Å². The van der Waals surface area contributed by atoms with Crippen LogP contribution in [0.2, 0.25) is 0 Å². The van der Waals surface area contributed by atoms with E-state index < -0.39 is 11.5 Å². The lowest BCUT2D eigenvalue weighted by Gasteiger charge is -2.24. The third-order valence-corrected chi connectivity index (χ3v) is 3.45. The number of aliphatic hydroxyl groups is 1. The number of aliphatic hydroxyl groups excluding tert-OH is 1. The minimum absolute atomic E-state index is 0.182. The maximum atomic E-state index is 11.9. The molecule has 0 amide bonds. The number of carbonyl (C=O) groups is 1. The number of fused-ring (bicyclic) bond motifs is 2. The summed E-state index contributed by atoms with van der Waals surface area (Å²) in [6.07, 6.45) is 0.740. The molecule has 1 N–H and O–H groups in total. The Morgan fingerprint density at radius 2 is 2.20 bits per heavy atom. The highest BCUT2D eigenvalue weighted by molar-refractivity contribution is 6.33. The second-order valence-electron chi connectivity index (χ2n) is 4.64. The van der Waals surface area contributed by atoms with E-state index in [2.05, 4.69) is 4.98 Å². The van der Waals surface area contributed by atoms with E-state index in [1.807, 2.05) is 0 Å². The molecule has 5 heteroatoms. The molecule has 0 saturated carbocycles. The topological polar surface area (TPSA) is 59.4 Å². The second kappa shape index (κ2) is 4.89. The zero-order valence-electron chi connectivity index (χ0n) is 10.7. The Balaban J connectivity index is 2.06. The zero-order valence-corrected chi connectivity index (χ0v) is 11.5. The molecule has 0 fully saturated rings. The van der Waals surface area contributed by atoms with Gasteiger partial charge in [-0.25, -0.2) is 4.98 Å². The van der Waals surface area contributed by atoms with E-state index in [0.717, 1.165) is 0 Å². The first-order valence-electron chi connectivity index (χ1n) is 6.21. The number of ether oxygens (including phenoxy) is 1. The van der Waals surface area contributed by atoms with E-state index in [0.29, 0.717) is 28.3 Å². The van der Waals surface area contributed by atoms with Crippen LogP contribution in [0, 0.1) is 0 Å². The van der Waals surface area contributed by atoms with Crippen molar-refractivity contribution in [2.45, 2.75) is 18.4 Å². The van der Waals surface area contributed by atoms with Crippen LogP contribution in [0.1, 0.15) is 34.5 Å². The Labute approximate surface area is 121 Å². The summed E-state index contributed by atoms with van der Waals surface area (Å²) in [5, 5.41) is 9.79. The number of ketones is 1. The minimum Gasteiger partial charge on any atom is -0.438 e. The number of benzene rings is 1. The Hall–Kier alpha value is -1.91. The molecule has 0 aliphatic carbocycles. The number of hydrogen-bond acceptors (Lipinski definition) is 4. The second-order valence-corrected chi connectivity index (χ2v) is 5.29. The molecule has 0 spiro atoms. The van der Waals surface area contributed by atoms with Gasteiger partial charge in [-0.1, -0.05) is 0 Å². The van der Waals surface area contributed by atoms with Gasteiger partial charge in [0.25, 0.3) is 0 Å². The molecule has 2 unspecified atom stereocenters. The molecule has 0 bridgehead atoms. The SMILES string of the molecule is CC(Cl)C(=O)c1ccc2c(c1)C(O)c1cccnc1O2. The zero-order chi connectivity index (χ0) is 14.3. The van der Waals surface area contributed by atoms with Gasteiger partial charge in [-0.2, -0.15) is 0 Å². The van der Waals surface area contributed by atoms with Crippen LogP contribution in [0.15, 0.2) is 36.5 Å². The van der Waals surface area contributed by atoms with Gasteiger partial charge in [-0.15, -0.1) is 11.6 Å². The number of pyridine rings is 1. The van der Waals surface area contributed by atoms with Crippen LogP contribution in [0.3, 0.4) is 0 Å². The fourth-order valence-electron chi connectivity index (χ4n) is 2.21. The monoisotopic (exact) mass is 289 g/mol. The van der Waals surface area contributed by atoms with Gasteiger partial charge >= 0.3 is 0 Å². The predicted octanol–water partition coefficient (Wildman–Crippen LogP) is 3.08. The third-order valence-electron chi connectivity index (χ3n) is 3.25. The predicted molar refractivity (Wildman–Crippen MR) is 74.5 cm³/mol. The summed E-state index contributed by atoms with van der Waals surface area (Å²) in [5.74, 6) is 0.707. The van der Waals surface area contributed by atoms with Crippen molar-refractivity contribution in [1.82, 2.24) is 4.98 Å². The Morgan fingerprint density at radius 1 is 1.40 bits per heavy atom. The number of Topliss-reactive ketones (excluding diaryl/α,β-unsaturated/α-hetero) is 1. The van der Waals surface area contributed by atoms with Gasteiger partial charge in [0, 0.05) is 22.9 Å². The molecule has 4 nitrogen and oxygen atoms in total. The highest BCUT2D eigenvalue weighted by Gasteiger charge is 2.27. The van der Waals surface area contributed by atoms with Crippen molar-refractivity contribution in [3.63, 3.8) is 0 Å². The lowest BCUT2D eigenvalue weighted by atomic mass is 9.96. The van der Waals surface area contributed by atoms with E-state index in [9.17, 15) is 9.90 Å². The number of nitrogens with zero attached hydrogens (tertiary/aromatic N) is 1. The summed E-state index contributed by atoms with van der Waals surface area (Å²) < 4.78 is 5.63. The van der Waals surface area contributed by atoms with Crippen LogP contribution in [0.5, 0.6) is 11.6 Å². The summed E-state index contributed by atoms with van der Waals surface area (Å²) in [6.45, 7) is 1.62. The van der Waals surface area contributed by atoms with E-state index in [4.69, 9.17) is 16.3 Å². The molecule has 102 valence electrons. The van der Waals surface area contributed by atoms with Gasteiger partial charge in [-0.3, -0.25) is 4.79 Å². The molecule has 1 aromatic carbocycles. The van der Waals surface area contributed by atoms with E-state index >= 15 is 0 Å². The maximum Gasteiger partial charge on any atom is 0.225 e. The van der Waals surface area contributed by atoms with Crippen molar-refractivity contribution < 1.29 is 14.6 Å². The van der Waals surface area contributed by atoms with Crippen LogP contribution < -0.4 is 4.74 Å². The number of rotatable bonds is 2. The Morgan fingerprint density at radius 3 is 2.95 bits per heavy atom. The first kappa shape index (κ1) is 13.1. The maximum absolute atomic E-state index is 11.9. The summed E-state index contributed by atoms with van der Waals surface area (Å²) in [6, 6.07) is 8.39. The van der Waals surface area contributed by atoms with Crippen molar-refractivity contribution in [2.75, 3.05) is 0 Å². The largest absolute Gasteiger partial charge is 0.438 e. The molecule has 0 radical (unpaired) electrons. The molecular formula is C15H12ClNO3. The first-order valence-corrected chi connectivity index (χ1v) is 6.64. The van der Waals surface area contributed by atoms with Crippen LogP contribution in [-0.2, 0) is 0 Å². The lowest BCUT2D eigenvalue weighted by Crippen LogP contribution is -2.14. The van der Waals surface area contributed by atoms with Gasteiger partial charge < -0.3 is 9.84 Å². The number of alkyl halides is 1. The fourth-order valence-corrected chi connectivity index (χ4v) is 2.33. The summed E-state index contributed by atoms with van der Waals surface area (Å²) in [4.78, 5) is 16.0. The summed E-state index contributed by atoms with van der Waals surface area (Å²) in [5.41, 5.74) is 1.60. The highest BCUT2D eigenvalue weighted by atomic mass is 35.5. The lowest BCUT2D eigenvalue weighted by molar-refractivity contribution is 0.0991. The first-order chi connectivity index (χ1) is 9.58. The third kappa shape index (κ3) is 2.07. The van der Waals surface area contributed by atoms with Crippen molar-refractivity contribution in [1.29, 1.82) is 0 Å². The van der Waals surface area contributed by atoms with Gasteiger partial charge in [0.2, 0.25) is 5.88 Å². The molecule has 0 saturated heterocycles. The molecular weight excluding hydrogens is 278 g/mol. The standard InChI is InChI=1S/C15H12ClNO3/c1-8(16)13(18)9-4-5-12-11(7-9)14(19)10-3-2-6-17-15(10)20-12/h2-8,14,19H,1H3. The summed E-state index contributed by atoms with van der Waals surface area (Å²) in [7, 11) is 0. The van der Waals surface area contributed by atoms with Crippen molar-refractivity contribution >= 4 is 17.4 Å². The normalized spacial score (nSPS) is 17.6.